The van der Waals surface area contributed by atoms with Crippen LogP contribution in [0.5, 0.6) is 0 Å². The molecule has 2 aromatic rings. The van der Waals surface area contributed by atoms with E-state index in [4.69, 9.17) is 4.74 Å². The molecule has 4 heteroatoms. The van der Waals surface area contributed by atoms with Crippen molar-refractivity contribution in [3.63, 3.8) is 0 Å². The molecule has 25 heavy (non-hydrogen) atoms. The van der Waals surface area contributed by atoms with Gasteiger partial charge in [-0.05, 0) is 54.7 Å². The zero-order chi connectivity index (χ0) is 17.4. The first-order valence-corrected chi connectivity index (χ1v) is 9.47. The molecule has 0 saturated heterocycles. The number of anilines is 1. The molecule has 0 amide bonds. The Morgan fingerprint density at radius 1 is 1.24 bits per heavy atom. The number of esters is 1. The third-order valence-electron chi connectivity index (χ3n) is 5.11. The number of fused-ring (bicyclic) bond motifs is 3. The second-order valence-electron chi connectivity index (χ2n) is 6.52. The lowest BCUT2D eigenvalue weighted by Crippen LogP contribution is -2.29. The van der Waals surface area contributed by atoms with Crippen LogP contribution in [0.1, 0.15) is 46.8 Å². The lowest BCUT2D eigenvalue weighted by molar-refractivity contribution is 0.0526. The molecule has 0 spiro atoms. The number of halogens is 1. The van der Waals surface area contributed by atoms with E-state index in [1.54, 1.807) is 0 Å². The Labute approximate surface area is 156 Å². The number of hydrogen-bond donors (Lipinski definition) is 1. The van der Waals surface area contributed by atoms with Crippen molar-refractivity contribution in [2.24, 2.45) is 5.92 Å². The van der Waals surface area contributed by atoms with Crippen molar-refractivity contribution in [3.05, 3.63) is 75.8 Å². The van der Waals surface area contributed by atoms with Crippen LogP contribution in [-0.4, -0.2) is 12.6 Å². The highest BCUT2D eigenvalue weighted by atomic mass is 79.9. The summed E-state index contributed by atoms with van der Waals surface area (Å²) in [5.41, 5.74) is 4.19. The molecule has 0 unspecified atom stereocenters. The number of ether oxygens (including phenoxy) is 1. The highest BCUT2D eigenvalue weighted by molar-refractivity contribution is 9.10. The number of hydrogen-bond acceptors (Lipinski definition) is 3. The van der Waals surface area contributed by atoms with Crippen LogP contribution < -0.4 is 5.32 Å². The van der Waals surface area contributed by atoms with Gasteiger partial charge in [-0.15, -0.1) is 0 Å². The molecule has 0 saturated carbocycles. The number of benzene rings is 2. The topological polar surface area (TPSA) is 38.3 Å². The van der Waals surface area contributed by atoms with E-state index in [0.717, 1.165) is 16.6 Å². The maximum Gasteiger partial charge on any atom is 0.338 e. The van der Waals surface area contributed by atoms with E-state index in [1.165, 1.54) is 11.1 Å². The monoisotopic (exact) mass is 397 g/mol. The molecule has 1 heterocycles. The fourth-order valence-electron chi connectivity index (χ4n) is 3.97. The lowest BCUT2D eigenvalue weighted by Gasteiger charge is -2.38. The van der Waals surface area contributed by atoms with Gasteiger partial charge in [-0.25, -0.2) is 4.79 Å². The molecule has 1 aliphatic carbocycles. The van der Waals surface area contributed by atoms with E-state index in [9.17, 15) is 4.79 Å². The van der Waals surface area contributed by atoms with Crippen molar-refractivity contribution in [1.82, 2.24) is 0 Å². The summed E-state index contributed by atoms with van der Waals surface area (Å²) in [6, 6.07) is 14.5. The predicted molar refractivity (Wildman–Crippen MR) is 103 cm³/mol. The predicted octanol–water partition coefficient (Wildman–Crippen LogP) is 5.45. The molecule has 1 aliphatic heterocycles. The fourth-order valence-corrected chi connectivity index (χ4v) is 4.50. The first-order chi connectivity index (χ1) is 12.2. The van der Waals surface area contributed by atoms with Gasteiger partial charge >= 0.3 is 5.97 Å². The van der Waals surface area contributed by atoms with Gasteiger partial charge < -0.3 is 10.1 Å². The third-order valence-corrected chi connectivity index (χ3v) is 5.84. The molecular weight excluding hydrogens is 378 g/mol. The smallest absolute Gasteiger partial charge is 0.338 e. The third kappa shape index (κ3) is 2.89. The van der Waals surface area contributed by atoms with Crippen LogP contribution in [0.2, 0.25) is 0 Å². The zero-order valence-corrected chi connectivity index (χ0v) is 15.6. The summed E-state index contributed by atoms with van der Waals surface area (Å²) in [5, 5.41) is 3.70. The average molecular weight is 398 g/mol. The molecule has 0 aromatic heterocycles. The minimum absolute atomic E-state index is 0.247. The molecule has 0 bridgehead atoms. The largest absolute Gasteiger partial charge is 0.462 e. The van der Waals surface area contributed by atoms with Crippen LogP contribution in [0.15, 0.2) is 59.1 Å². The highest BCUT2D eigenvalue weighted by Gasteiger charge is 2.38. The molecule has 4 rings (SSSR count). The Morgan fingerprint density at radius 2 is 2.08 bits per heavy atom. The zero-order valence-electron chi connectivity index (χ0n) is 14.0. The van der Waals surface area contributed by atoms with Gasteiger partial charge in [0.15, 0.2) is 0 Å². The summed E-state index contributed by atoms with van der Waals surface area (Å²) in [4.78, 5) is 12.1. The van der Waals surface area contributed by atoms with E-state index in [0.29, 0.717) is 24.0 Å². The van der Waals surface area contributed by atoms with Gasteiger partial charge in [0.05, 0.1) is 18.2 Å². The first-order valence-electron chi connectivity index (χ1n) is 8.67. The van der Waals surface area contributed by atoms with Gasteiger partial charge in [-0.2, -0.15) is 0 Å². The van der Waals surface area contributed by atoms with E-state index < -0.39 is 0 Å². The minimum Gasteiger partial charge on any atom is -0.462 e. The van der Waals surface area contributed by atoms with Crippen molar-refractivity contribution < 1.29 is 9.53 Å². The Bertz CT molecular complexity index is 846. The molecule has 0 fully saturated rings. The maximum atomic E-state index is 12.1. The van der Waals surface area contributed by atoms with Crippen molar-refractivity contribution in [2.75, 3.05) is 11.9 Å². The molecule has 2 aromatic carbocycles. The van der Waals surface area contributed by atoms with Gasteiger partial charge in [-0.1, -0.05) is 46.3 Å². The SMILES string of the molecule is CCOC(=O)c1ccc2c(c1)[C@@H]1C=CC[C@@H]1[C@H](c1ccccc1Br)N2. The molecule has 3 atom stereocenters. The van der Waals surface area contributed by atoms with Crippen LogP contribution in [0.25, 0.3) is 0 Å². The second kappa shape index (κ2) is 6.68. The molecule has 3 nitrogen and oxygen atoms in total. The second-order valence-corrected chi connectivity index (χ2v) is 7.37. The number of allylic oxidation sites excluding steroid dienone is 2. The van der Waals surface area contributed by atoms with Crippen LogP contribution >= 0.6 is 15.9 Å². The standard InChI is InChI=1S/C21H20BrNO2/c1-2-25-21(24)13-10-11-19-17(12-13)14-7-5-8-15(14)20(23-19)16-6-3-4-9-18(16)22/h3-7,9-12,14-15,20,23H,2,8H2,1H3/t14-,15+,20-/m1/s1. The van der Waals surface area contributed by atoms with Gasteiger partial charge in [0.25, 0.3) is 0 Å². The van der Waals surface area contributed by atoms with Crippen molar-refractivity contribution in [2.45, 2.75) is 25.3 Å². The summed E-state index contributed by atoms with van der Waals surface area (Å²) >= 11 is 3.70. The summed E-state index contributed by atoms with van der Waals surface area (Å²) in [6.07, 6.45) is 5.57. The summed E-state index contributed by atoms with van der Waals surface area (Å²) in [6.45, 7) is 2.22. The number of carbonyl (C=O) groups is 1. The first kappa shape index (κ1) is 16.4. The van der Waals surface area contributed by atoms with E-state index in [2.05, 4.69) is 51.6 Å². The van der Waals surface area contributed by atoms with Crippen molar-refractivity contribution >= 4 is 27.6 Å². The van der Waals surface area contributed by atoms with Gasteiger partial charge in [-0.3, -0.25) is 0 Å². The summed E-state index contributed by atoms with van der Waals surface area (Å²) in [7, 11) is 0. The molecule has 0 radical (unpaired) electrons. The maximum absolute atomic E-state index is 12.1. The quantitative estimate of drug-likeness (QED) is 0.552. The number of carbonyl (C=O) groups excluding carboxylic acids is 1. The van der Waals surface area contributed by atoms with Crippen molar-refractivity contribution in [3.8, 4) is 0 Å². The van der Waals surface area contributed by atoms with Crippen LogP contribution in [-0.2, 0) is 4.74 Å². The molecule has 2 aliphatic rings. The Morgan fingerprint density at radius 3 is 2.88 bits per heavy atom. The fraction of sp³-hybridized carbons (Fsp3) is 0.286. The van der Waals surface area contributed by atoms with E-state index in [-0.39, 0.29) is 12.0 Å². The number of nitrogens with one attached hydrogen (secondary N) is 1. The molecule has 1 N–H and O–H groups in total. The highest BCUT2D eigenvalue weighted by Crippen LogP contribution is 2.50. The Hall–Kier alpha value is -2.07. The Kier molecular flexibility index (Phi) is 4.38. The van der Waals surface area contributed by atoms with Gasteiger partial charge in [0.2, 0.25) is 0 Å². The summed E-state index contributed by atoms with van der Waals surface area (Å²) < 4.78 is 6.28. The normalized spacial score (nSPS) is 23.5. The Balaban J connectivity index is 1.74. The lowest BCUT2D eigenvalue weighted by atomic mass is 9.76. The van der Waals surface area contributed by atoms with Gasteiger partial charge in [0.1, 0.15) is 0 Å². The van der Waals surface area contributed by atoms with Crippen molar-refractivity contribution in [1.29, 1.82) is 0 Å². The summed E-state index contributed by atoms with van der Waals surface area (Å²) in [5.74, 6) is 0.517. The number of rotatable bonds is 3. The van der Waals surface area contributed by atoms with Crippen LogP contribution in [0, 0.1) is 5.92 Å². The van der Waals surface area contributed by atoms with Gasteiger partial charge in [0, 0.05) is 16.1 Å². The molecule has 128 valence electrons. The van der Waals surface area contributed by atoms with Crippen LogP contribution in [0.3, 0.4) is 0 Å². The van der Waals surface area contributed by atoms with E-state index in [1.807, 2.05) is 31.2 Å². The average Bonchev–Trinajstić information content (AvgIpc) is 3.11. The minimum atomic E-state index is -0.253. The van der Waals surface area contributed by atoms with Crippen LogP contribution in [0.4, 0.5) is 5.69 Å². The molecular formula is C21H20BrNO2. The van der Waals surface area contributed by atoms with E-state index >= 15 is 0 Å².